The Morgan fingerprint density at radius 3 is 1.25 bits per heavy atom. The highest BCUT2D eigenvalue weighted by Crippen LogP contribution is 2.28. The van der Waals surface area contributed by atoms with Crippen LogP contribution in [-0.2, 0) is 6.54 Å². The van der Waals surface area contributed by atoms with Crippen LogP contribution in [0, 0.1) is 10.2 Å². The van der Waals surface area contributed by atoms with Crippen LogP contribution in [-0.4, -0.2) is 6.54 Å². The lowest BCUT2D eigenvalue weighted by Gasteiger charge is -2.17. The molecule has 0 aliphatic rings. The van der Waals surface area contributed by atoms with Crippen molar-refractivity contribution in [2.24, 2.45) is 5.73 Å². The van der Waals surface area contributed by atoms with Gasteiger partial charge >= 0.3 is 0 Å². The van der Waals surface area contributed by atoms with E-state index in [0.717, 1.165) is 6.54 Å². The van der Waals surface area contributed by atoms with Gasteiger partial charge in [0.25, 0.3) is 0 Å². The third kappa shape index (κ3) is 6.70. The normalized spacial score (nSPS) is 10.9. The highest BCUT2D eigenvalue weighted by atomic mass is 35.7. The Bertz CT molecular complexity index is 1050. The SMILES string of the molecule is NCC[n+]1c(-c2ccccc2)cc(-c2ccccc2)cc1-c1ccccc1.[O-][Cl+3]([O-])([O-])[O-]. The van der Waals surface area contributed by atoms with Crippen LogP contribution < -0.4 is 28.9 Å². The number of nitrogens with two attached hydrogens (primary N) is 1. The summed E-state index contributed by atoms with van der Waals surface area (Å²) in [6.45, 7) is 1.36. The van der Waals surface area contributed by atoms with Crippen LogP contribution in [0.3, 0.4) is 0 Å². The molecule has 6 nitrogen and oxygen atoms in total. The van der Waals surface area contributed by atoms with E-state index in [1.807, 2.05) is 0 Å². The molecule has 0 spiro atoms. The minimum absolute atomic E-state index is 0.592. The van der Waals surface area contributed by atoms with Crippen molar-refractivity contribution in [3.05, 3.63) is 103 Å². The van der Waals surface area contributed by atoms with Gasteiger partial charge in [0.2, 0.25) is 11.4 Å². The fraction of sp³-hybridized carbons (Fsp3) is 0.0800. The minimum atomic E-state index is -4.94. The summed E-state index contributed by atoms with van der Waals surface area (Å²) in [7, 11) is -4.94. The predicted molar refractivity (Wildman–Crippen MR) is 112 cm³/mol. The standard InChI is InChI=1S/C25H23N2.ClHO4/c26-16-17-27-24(21-12-6-2-7-13-21)18-23(20-10-4-1-5-11-20)19-25(27)22-14-8-3-9-15-22;2-1(3,4)5/h1-15,18-19H,16-17,26H2;(H,2,3,4,5)/q+1;/p-1. The maximum Gasteiger partial charge on any atom is 0.213 e. The van der Waals surface area contributed by atoms with Crippen LogP contribution in [0.5, 0.6) is 0 Å². The summed E-state index contributed by atoms with van der Waals surface area (Å²) in [4.78, 5) is 0. The number of aromatic nitrogens is 1. The first-order valence-electron chi connectivity index (χ1n) is 9.93. The van der Waals surface area contributed by atoms with Gasteiger partial charge in [0.1, 0.15) is 0 Å². The van der Waals surface area contributed by atoms with Gasteiger partial charge in [0.15, 0.2) is 6.54 Å². The molecule has 3 aromatic carbocycles. The first-order valence-corrected chi connectivity index (χ1v) is 11.2. The summed E-state index contributed by atoms with van der Waals surface area (Å²) >= 11 is 0. The highest BCUT2D eigenvalue weighted by Gasteiger charge is 2.21. The Labute approximate surface area is 189 Å². The molecule has 1 aromatic heterocycles. The molecular weight excluding hydrogens is 428 g/mol. The number of hydrogen-bond donors (Lipinski definition) is 1. The molecule has 164 valence electrons. The summed E-state index contributed by atoms with van der Waals surface area (Å²) in [6.07, 6.45) is 0. The maximum absolute atomic E-state index is 8.49. The third-order valence-electron chi connectivity index (χ3n) is 4.76. The molecule has 0 fully saturated rings. The number of hydrogen-bond acceptors (Lipinski definition) is 5. The third-order valence-corrected chi connectivity index (χ3v) is 4.76. The van der Waals surface area contributed by atoms with Gasteiger partial charge in [-0.3, -0.25) is 0 Å². The van der Waals surface area contributed by atoms with E-state index < -0.39 is 10.2 Å². The van der Waals surface area contributed by atoms with E-state index in [2.05, 4.69) is 108 Å². The van der Waals surface area contributed by atoms with Crippen LogP contribution in [0.1, 0.15) is 0 Å². The van der Waals surface area contributed by atoms with Gasteiger partial charge in [0.05, 0.1) is 6.54 Å². The quantitative estimate of drug-likeness (QED) is 0.434. The topological polar surface area (TPSA) is 122 Å². The predicted octanol–water partition coefficient (Wildman–Crippen LogP) is 0.178. The molecule has 1 heterocycles. The zero-order valence-electron chi connectivity index (χ0n) is 17.3. The Morgan fingerprint density at radius 2 is 0.906 bits per heavy atom. The molecule has 0 atom stereocenters. The van der Waals surface area contributed by atoms with Crippen LogP contribution in [0.2, 0.25) is 0 Å². The van der Waals surface area contributed by atoms with Crippen LogP contribution in [0.15, 0.2) is 103 Å². The summed E-state index contributed by atoms with van der Waals surface area (Å²) in [6, 6.07) is 36.1. The molecule has 0 saturated carbocycles. The highest BCUT2D eigenvalue weighted by molar-refractivity contribution is 5.73. The van der Waals surface area contributed by atoms with E-state index in [4.69, 9.17) is 24.4 Å². The molecule has 0 bridgehead atoms. The second-order valence-electron chi connectivity index (χ2n) is 6.93. The molecule has 2 N–H and O–H groups in total. The Hall–Kier alpha value is -3.10. The van der Waals surface area contributed by atoms with Crippen molar-refractivity contribution in [3.8, 4) is 33.6 Å². The maximum atomic E-state index is 8.49. The van der Waals surface area contributed by atoms with Crippen molar-refractivity contribution in [1.82, 2.24) is 0 Å². The first-order chi connectivity index (χ1) is 15.4. The van der Waals surface area contributed by atoms with Gasteiger partial charge in [-0.05, 0) is 35.4 Å². The molecule has 0 saturated heterocycles. The van der Waals surface area contributed by atoms with Gasteiger partial charge in [-0.2, -0.15) is 4.57 Å². The Kier molecular flexibility index (Phi) is 8.08. The van der Waals surface area contributed by atoms with Crippen molar-refractivity contribution in [1.29, 1.82) is 0 Å². The van der Waals surface area contributed by atoms with E-state index in [1.54, 1.807) is 0 Å². The molecule has 0 aliphatic heterocycles. The number of nitrogens with zero attached hydrogens (tertiary/aromatic N) is 1. The summed E-state index contributed by atoms with van der Waals surface area (Å²) in [5, 5.41) is 0. The summed E-state index contributed by atoms with van der Waals surface area (Å²) < 4.78 is 36.3. The number of halogens is 1. The zero-order chi connectivity index (χ0) is 23.0. The minimum Gasteiger partial charge on any atom is -0.325 e. The van der Waals surface area contributed by atoms with Crippen LogP contribution in [0.4, 0.5) is 0 Å². The average molecular weight is 451 g/mol. The zero-order valence-corrected chi connectivity index (χ0v) is 18.0. The van der Waals surface area contributed by atoms with Crippen LogP contribution in [0.25, 0.3) is 33.6 Å². The fourth-order valence-corrected chi connectivity index (χ4v) is 3.49. The van der Waals surface area contributed by atoms with Crippen molar-refractivity contribution >= 4 is 0 Å². The average Bonchev–Trinajstić information content (AvgIpc) is 2.80. The van der Waals surface area contributed by atoms with E-state index in [0.29, 0.717) is 6.54 Å². The van der Waals surface area contributed by atoms with Gasteiger partial charge in [-0.15, -0.1) is 10.2 Å². The molecule has 4 rings (SSSR count). The van der Waals surface area contributed by atoms with Crippen molar-refractivity contribution in [3.63, 3.8) is 0 Å². The lowest BCUT2D eigenvalue weighted by Crippen LogP contribution is -2.68. The monoisotopic (exact) mass is 450 g/mol. The fourth-order valence-electron chi connectivity index (χ4n) is 3.49. The van der Waals surface area contributed by atoms with Gasteiger partial charge < -0.3 is 5.73 Å². The van der Waals surface area contributed by atoms with Gasteiger partial charge in [-0.1, -0.05) is 66.7 Å². The summed E-state index contributed by atoms with van der Waals surface area (Å²) in [5.74, 6) is 0. The van der Waals surface area contributed by atoms with Crippen molar-refractivity contribution in [2.45, 2.75) is 6.54 Å². The molecule has 4 aromatic rings. The van der Waals surface area contributed by atoms with Crippen molar-refractivity contribution < 1.29 is 33.4 Å². The number of rotatable bonds is 5. The smallest absolute Gasteiger partial charge is 0.213 e. The lowest BCUT2D eigenvalue weighted by molar-refractivity contribution is -2.00. The molecule has 0 amide bonds. The first kappa shape index (κ1) is 23.6. The van der Waals surface area contributed by atoms with Gasteiger partial charge in [0, 0.05) is 23.3 Å². The molecule has 0 aliphatic carbocycles. The molecule has 0 radical (unpaired) electrons. The Morgan fingerprint density at radius 1 is 0.562 bits per heavy atom. The Balaban J connectivity index is 0.000000523. The number of pyridine rings is 1. The molecule has 0 unspecified atom stereocenters. The van der Waals surface area contributed by atoms with E-state index in [-0.39, 0.29) is 0 Å². The molecule has 7 heteroatoms. The summed E-state index contributed by atoms with van der Waals surface area (Å²) in [5.41, 5.74) is 13.2. The van der Waals surface area contributed by atoms with E-state index in [1.165, 1.54) is 33.6 Å². The largest absolute Gasteiger partial charge is 0.325 e. The van der Waals surface area contributed by atoms with Crippen molar-refractivity contribution in [2.75, 3.05) is 6.54 Å². The number of benzene rings is 3. The molecular formula is C25H23ClN2O4. The van der Waals surface area contributed by atoms with Crippen LogP contribution >= 0.6 is 0 Å². The van der Waals surface area contributed by atoms with E-state index in [9.17, 15) is 0 Å². The second kappa shape index (κ2) is 11.0. The van der Waals surface area contributed by atoms with E-state index >= 15 is 0 Å². The second-order valence-corrected chi connectivity index (χ2v) is 7.69. The van der Waals surface area contributed by atoms with Gasteiger partial charge in [-0.25, -0.2) is 18.6 Å². The molecule has 32 heavy (non-hydrogen) atoms. The lowest BCUT2D eigenvalue weighted by atomic mass is 9.99.